The number of amides is 2. The fourth-order valence-electron chi connectivity index (χ4n) is 1.67. The summed E-state index contributed by atoms with van der Waals surface area (Å²) in [5.74, 6) is -0.843. The highest BCUT2D eigenvalue weighted by atomic mass is 16.4. The highest BCUT2D eigenvalue weighted by Crippen LogP contribution is 2.14. The lowest BCUT2D eigenvalue weighted by molar-refractivity contribution is 0.0660. The van der Waals surface area contributed by atoms with E-state index in [1.807, 2.05) is 20.8 Å². The number of carbonyl (C=O) groups is 2. The summed E-state index contributed by atoms with van der Waals surface area (Å²) in [6.07, 6.45) is 0. The molecule has 0 spiro atoms. The van der Waals surface area contributed by atoms with E-state index in [2.05, 4.69) is 5.32 Å². The van der Waals surface area contributed by atoms with Crippen LogP contribution in [-0.2, 0) is 6.54 Å². The van der Waals surface area contributed by atoms with Gasteiger partial charge in [0.2, 0.25) is 5.76 Å². The van der Waals surface area contributed by atoms with Crippen molar-refractivity contribution >= 4 is 12.0 Å². The molecule has 6 nitrogen and oxygen atoms in total. The average molecular weight is 268 g/mol. The maximum absolute atomic E-state index is 11.8. The molecule has 1 rings (SSSR count). The molecule has 19 heavy (non-hydrogen) atoms. The Morgan fingerprint density at radius 2 is 2.00 bits per heavy atom. The molecular formula is C13H20N2O4. The molecule has 0 radical (unpaired) electrons. The Morgan fingerprint density at radius 3 is 2.47 bits per heavy atom. The lowest BCUT2D eigenvalue weighted by Gasteiger charge is -2.26. The predicted octanol–water partition coefficient (Wildman–Crippen LogP) is 2.17. The molecule has 0 saturated heterocycles. The van der Waals surface area contributed by atoms with E-state index in [9.17, 15) is 9.59 Å². The van der Waals surface area contributed by atoms with Crippen molar-refractivity contribution in [1.29, 1.82) is 0 Å². The molecule has 0 fully saturated rings. The van der Waals surface area contributed by atoms with Crippen LogP contribution in [0.2, 0.25) is 0 Å². The van der Waals surface area contributed by atoms with Crippen molar-refractivity contribution in [3.63, 3.8) is 0 Å². The number of carbonyl (C=O) groups excluding carboxylic acids is 1. The molecule has 2 N–H and O–H groups in total. The molecule has 0 unspecified atom stereocenters. The van der Waals surface area contributed by atoms with E-state index >= 15 is 0 Å². The van der Waals surface area contributed by atoms with Crippen LogP contribution in [0.1, 0.15) is 37.1 Å². The fourth-order valence-corrected chi connectivity index (χ4v) is 1.67. The van der Waals surface area contributed by atoms with Crippen LogP contribution < -0.4 is 5.32 Å². The Morgan fingerprint density at radius 1 is 1.37 bits per heavy atom. The van der Waals surface area contributed by atoms with E-state index < -0.39 is 5.97 Å². The zero-order valence-corrected chi connectivity index (χ0v) is 11.7. The number of hydrogen-bond donors (Lipinski definition) is 2. The molecule has 0 aliphatic heterocycles. The maximum Gasteiger partial charge on any atom is 0.371 e. The van der Waals surface area contributed by atoms with Gasteiger partial charge in [-0.15, -0.1) is 0 Å². The summed E-state index contributed by atoms with van der Waals surface area (Å²) in [4.78, 5) is 24.0. The highest BCUT2D eigenvalue weighted by molar-refractivity contribution is 5.84. The van der Waals surface area contributed by atoms with Gasteiger partial charge in [0.05, 0.1) is 6.54 Å². The van der Waals surface area contributed by atoms with Gasteiger partial charge >= 0.3 is 12.0 Å². The van der Waals surface area contributed by atoms with Gasteiger partial charge in [0.25, 0.3) is 0 Å². The van der Waals surface area contributed by atoms with Crippen molar-refractivity contribution in [1.82, 2.24) is 10.2 Å². The molecule has 106 valence electrons. The first-order valence-electron chi connectivity index (χ1n) is 6.00. The number of aromatic carboxylic acids is 1. The number of hydrogen-bond acceptors (Lipinski definition) is 3. The minimum Gasteiger partial charge on any atom is -0.475 e. The molecule has 1 aromatic heterocycles. The van der Waals surface area contributed by atoms with Crippen LogP contribution in [0.25, 0.3) is 0 Å². The average Bonchev–Trinajstić information content (AvgIpc) is 2.72. The van der Waals surface area contributed by atoms with Gasteiger partial charge in [0.1, 0.15) is 5.76 Å². The standard InChI is InChI=1S/C13H20N2O4/c1-13(2,3)8-15(4)12(18)14-7-9-5-6-10(19-9)11(16)17/h5-6H,7-8H2,1-4H3,(H,14,18)(H,16,17). The first-order valence-corrected chi connectivity index (χ1v) is 6.00. The Bertz CT molecular complexity index is 459. The van der Waals surface area contributed by atoms with Crippen LogP contribution in [0.15, 0.2) is 16.5 Å². The zero-order chi connectivity index (χ0) is 14.6. The second-order valence-corrected chi connectivity index (χ2v) is 5.65. The number of carboxylic acids is 1. The number of urea groups is 1. The van der Waals surface area contributed by atoms with Gasteiger partial charge in [-0.2, -0.15) is 0 Å². The first-order chi connectivity index (χ1) is 8.69. The lowest BCUT2D eigenvalue weighted by Crippen LogP contribution is -2.41. The third-order valence-electron chi connectivity index (χ3n) is 2.34. The maximum atomic E-state index is 11.8. The topological polar surface area (TPSA) is 82.8 Å². The molecule has 1 aromatic rings. The third kappa shape index (κ3) is 5.03. The summed E-state index contributed by atoms with van der Waals surface area (Å²) in [6, 6.07) is 2.68. The Hall–Kier alpha value is -1.98. The smallest absolute Gasteiger partial charge is 0.371 e. The third-order valence-corrected chi connectivity index (χ3v) is 2.34. The van der Waals surface area contributed by atoms with Gasteiger partial charge in [0.15, 0.2) is 0 Å². The van der Waals surface area contributed by atoms with Gasteiger partial charge < -0.3 is 19.7 Å². The van der Waals surface area contributed by atoms with E-state index in [0.717, 1.165) is 0 Å². The van der Waals surface area contributed by atoms with Crippen molar-refractivity contribution < 1.29 is 19.1 Å². The predicted molar refractivity (Wildman–Crippen MR) is 70.0 cm³/mol. The molecular weight excluding hydrogens is 248 g/mol. The number of nitrogens with zero attached hydrogens (tertiary/aromatic N) is 1. The summed E-state index contributed by atoms with van der Waals surface area (Å²) in [7, 11) is 1.71. The van der Waals surface area contributed by atoms with Crippen molar-refractivity contribution in [2.75, 3.05) is 13.6 Å². The normalized spacial score (nSPS) is 11.2. The van der Waals surface area contributed by atoms with Crippen molar-refractivity contribution in [2.45, 2.75) is 27.3 Å². The molecule has 0 saturated carbocycles. The Labute approximate surface area is 112 Å². The summed E-state index contributed by atoms with van der Waals surface area (Å²) in [6.45, 7) is 6.92. The molecule has 1 heterocycles. The molecule has 6 heteroatoms. The van der Waals surface area contributed by atoms with Crippen molar-refractivity contribution in [3.05, 3.63) is 23.7 Å². The van der Waals surface area contributed by atoms with Crippen molar-refractivity contribution in [3.8, 4) is 0 Å². The van der Waals surface area contributed by atoms with Gasteiger partial charge in [-0.1, -0.05) is 20.8 Å². The van der Waals surface area contributed by atoms with Gasteiger partial charge in [0, 0.05) is 13.6 Å². The van der Waals surface area contributed by atoms with Gasteiger partial charge in [-0.3, -0.25) is 0 Å². The van der Waals surface area contributed by atoms with E-state index in [-0.39, 0.29) is 23.8 Å². The molecule has 0 aliphatic carbocycles. The van der Waals surface area contributed by atoms with E-state index in [1.165, 1.54) is 12.1 Å². The molecule has 0 aromatic carbocycles. The largest absolute Gasteiger partial charge is 0.475 e. The zero-order valence-electron chi connectivity index (χ0n) is 11.7. The van der Waals surface area contributed by atoms with E-state index in [0.29, 0.717) is 12.3 Å². The van der Waals surface area contributed by atoms with Gasteiger partial charge in [-0.25, -0.2) is 9.59 Å². The number of carboxylic acid groups (broad SMARTS) is 1. The van der Waals surface area contributed by atoms with Crippen LogP contribution in [0.4, 0.5) is 4.79 Å². The van der Waals surface area contributed by atoms with Crippen LogP contribution in [0.5, 0.6) is 0 Å². The van der Waals surface area contributed by atoms with Gasteiger partial charge in [-0.05, 0) is 17.5 Å². The second kappa shape index (κ2) is 5.77. The van der Waals surface area contributed by atoms with Crippen LogP contribution in [0.3, 0.4) is 0 Å². The minimum atomic E-state index is -1.12. The molecule has 0 atom stereocenters. The van der Waals surface area contributed by atoms with Crippen LogP contribution in [-0.4, -0.2) is 35.6 Å². The summed E-state index contributed by atoms with van der Waals surface area (Å²) < 4.78 is 5.04. The molecule has 0 bridgehead atoms. The molecule has 0 aliphatic rings. The quantitative estimate of drug-likeness (QED) is 0.876. The fraction of sp³-hybridized carbons (Fsp3) is 0.538. The number of furan rings is 1. The summed E-state index contributed by atoms with van der Waals surface area (Å²) >= 11 is 0. The highest BCUT2D eigenvalue weighted by Gasteiger charge is 2.17. The SMILES string of the molecule is CN(CC(C)(C)C)C(=O)NCc1ccc(C(=O)O)o1. The Balaban J connectivity index is 2.47. The Kier molecular flexibility index (Phi) is 4.58. The van der Waals surface area contributed by atoms with Crippen molar-refractivity contribution in [2.24, 2.45) is 5.41 Å². The summed E-state index contributed by atoms with van der Waals surface area (Å²) in [5.41, 5.74) is 0.0211. The van der Waals surface area contributed by atoms with E-state index in [4.69, 9.17) is 9.52 Å². The van der Waals surface area contributed by atoms with Crippen LogP contribution >= 0.6 is 0 Å². The lowest BCUT2D eigenvalue weighted by atomic mass is 9.96. The summed E-state index contributed by atoms with van der Waals surface area (Å²) in [5, 5.41) is 11.4. The molecule has 2 amide bonds. The van der Waals surface area contributed by atoms with E-state index in [1.54, 1.807) is 11.9 Å². The minimum absolute atomic E-state index is 0.0211. The number of nitrogens with one attached hydrogen (secondary N) is 1. The first kappa shape index (κ1) is 15.1. The number of rotatable bonds is 4. The monoisotopic (exact) mass is 268 g/mol. The van der Waals surface area contributed by atoms with Crippen LogP contribution in [0, 0.1) is 5.41 Å². The second-order valence-electron chi connectivity index (χ2n) is 5.65.